The Hall–Kier alpha value is -0.860. The number of morpholine rings is 1. The molecule has 1 N–H and O–H groups in total. The largest absolute Gasteiger partial charge is 0.459 e. The minimum Gasteiger partial charge on any atom is -0.459 e. The van der Waals surface area contributed by atoms with Crippen molar-refractivity contribution in [3.05, 3.63) is 33.9 Å². The molecule has 1 aromatic heterocycles. The van der Waals surface area contributed by atoms with E-state index in [1.807, 2.05) is 29.0 Å². The van der Waals surface area contributed by atoms with Crippen molar-refractivity contribution in [3.63, 3.8) is 0 Å². The summed E-state index contributed by atoms with van der Waals surface area (Å²) in [5.41, 5.74) is -1.58. The number of aliphatic hydroxyl groups is 1. The van der Waals surface area contributed by atoms with Gasteiger partial charge in [-0.3, -0.25) is 0 Å². The van der Waals surface area contributed by atoms with Gasteiger partial charge in [0, 0.05) is 17.7 Å². The fraction of sp³-hybridized carbons (Fsp3) is 0.632. The van der Waals surface area contributed by atoms with E-state index in [9.17, 15) is 9.90 Å². The number of hydrogen-bond acceptors (Lipinski definition) is 6. The van der Waals surface area contributed by atoms with Gasteiger partial charge in [0.15, 0.2) is 0 Å². The third-order valence-electron chi connectivity index (χ3n) is 6.68. The van der Waals surface area contributed by atoms with Crippen molar-refractivity contribution in [2.45, 2.75) is 60.5 Å². The van der Waals surface area contributed by atoms with E-state index in [4.69, 9.17) is 9.47 Å². The lowest BCUT2D eigenvalue weighted by Gasteiger charge is -2.45. The lowest BCUT2D eigenvalue weighted by molar-refractivity contribution is -0.938. The summed E-state index contributed by atoms with van der Waals surface area (Å²) < 4.78 is 12.7. The van der Waals surface area contributed by atoms with E-state index in [0.29, 0.717) is 35.6 Å². The van der Waals surface area contributed by atoms with Crippen molar-refractivity contribution in [2.24, 2.45) is 0 Å². The van der Waals surface area contributed by atoms with Crippen LogP contribution in [0.3, 0.4) is 0 Å². The maximum Gasteiger partial charge on any atom is 0.345 e. The molecule has 4 aliphatic rings. The van der Waals surface area contributed by atoms with E-state index in [1.54, 1.807) is 0 Å². The van der Waals surface area contributed by atoms with Crippen molar-refractivity contribution in [1.29, 1.82) is 0 Å². The predicted molar refractivity (Wildman–Crippen MR) is 101 cm³/mol. The van der Waals surface area contributed by atoms with Crippen molar-refractivity contribution in [3.8, 4) is 0 Å². The molecule has 6 atom stereocenters. The summed E-state index contributed by atoms with van der Waals surface area (Å²) in [6.07, 6.45) is 4.82. The smallest absolute Gasteiger partial charge is 0.345 e. The lowest BCUT2D eigenvalue weighted by atomic mass is 9.93. The molecule has 6 unspecified atom stereocenters. The molecule has 0 radical (unpaired) electrons. The molecule has 5 nitrogen and oxygen atoms in total. The van der Waals surface area contributed by atoms with Crippen LogP contribution in [-0.2, 0) is 19.9 Å². The third-order valence-corrected chi connectivity index (χ3v) is 8.88. The van der Waals surface area contributed by atoms with Crippen LogP contribution in [-0.4, -0.2) is 65.3 Å². The van der Waals surface area contributed by atoms with Gasteiger partial charge in [0.25, 0.3) is 0 Å². The molecule has 5 rings (SSSR count). The Bertz CT molecular complexity index is 721. The Morgan fingerprint density at radius 1 is 1.35 bits per heavy atom. The molecule has 3 fully saturated rings. The number of thioether (sulfide) groups is 1. The van der Waals surface area contributed by atoms with Gasteiger partial charge in [-0.05, 0) is 23.3 Å². The molecule has 7 heteroatoms. The summed E-state index contributed by atoms with van der Waals surface area (Å²) in [7, 11) is 4.51. The maximum atomic E-state index is 13.2. The zero-order valence-corrected chi connectivity index (χ0v) is 16.5. The topological polar surface area (TPSA) is 59.1 Å². The molecule has 2 bridgehead atoms. The van der Waals surface area contributed by atoms with Crippen molar-refractivity contribution >= 4 is 29.1 Å². The number of hydrogen-bond donors (Lipinski definition) is 1. The first-order valence-corrected chi connectivity index (χ1v) is 11.0. The molecule has 4 aliphatic heterocycles. The van der Waals surface area contributed by atoms with Crippen LogP contribution in [0.2, 0.25) is 0 Å². The van der Waals surface area contributed by atoms with E-state index in [0.717, 1.165) is 17.3 Å². The molecule has 0 spiro atoms. The van der Waals surface area contributed by atoms with E-state index >= 15 is 0 Å². The average Bonchev–Trinajstić information content (AvgIpc) is 2.98. The number of esters is 1. The van der Waals surface area contributed by atoms with E-state index < -0.39 is 11.6 Å². The summed E-state index contributed by atoms with van der Waals surface area (Å²) in [4.78, 5) is 13.8. The van der Waals surface area contributed by atoms with Gasteiger partial charge >= 0.3 is 5.97 Å². The zero-order valence-electron chi connectivity index (χ0n) is 14.9. The lowest BCUT2D eigenvalue weighted by Crippen LogP contribution is -2.60. The SMILES string of the molecule is C[N+]1(C)C2CC(OC(=O)C(O)(c3cccs3)C3CC=CS3)CC1C1OC12. The number of thiophene rings is 1. The molecule has 3 saturated heterocycles. The van der Waals surface area contributed by atoms with Crippen LogP contribution < -0.4 is 0 Å². The molecule has 0 aliphatic carbocycles. The number of likely N-dealkylation sites (N-methyl/N-ethyl adjacent to an activating group) is 1. The Morgan fingerprint density at radius 3 is 2.65 bits per heavy atom. The number of epoxide rings is 1. The van der Waals surface area contributed by atoms with Crippen LogP contribution >= 0.6 is 23.1 Å². The molecule has 0 amide bonds. The number of carbonyl (C=O) groups is 1. The van der Waals surface area contributed by atoms with Crippen LogP contribution in [0.25, 0.3) is 0 Å². The molecule has 140 valence electrons. The molecule has 1 aromatic rings. The normalized spacial score (nSPS) is 41.5. The fourth-order valence-corrected chi connectivity index (χ4v) is 7.08. The minimum absolute atomic E-state index is 0.133. The Balaban J connectivity index is 1.36. The van der Waals surface area contributed by atoms with Gasteiger partial charge < -0.3 is 19.1 Å². The number of fused-ring (bicyclic) bond motifs is 5. The second-order valence-electron chi connectivity index (χ2n) is 8.30. The number of piperidine rings is 1. The van der Waals surface area contributed by atoms with Gasteiger partial charge in [0.05, 0.1) is 19.3 Å². The molecule has 5 heterocycles. The highest BCUT2D eigenvalue weighted by molar-refractivity contribution is 8.03. The maximum absolute atomic E-state index is 13.2. The van der Waals surface area contributed by atoms with Crippen LogP contribution in [0.4, 0.5) is 0 Å². The summed E-state index contributed by atoms with van der Waals surface area (Å²) in [6.45, 7) is 0. The number of ether oxygens (including phenoxy) is 2. The molecule has 26 heavy (non-hydrogen) atoms. The number of rotatable bonds is 4. The van der Waals surface area contributed by atoms with Crippen molar-refractivity contribution in [2.75, 3.05) is 14.1 Å². The monoisotopic (exact) mass is 394 g/mol. The zero-order chi connectivity index (χ0) is 18.1. The van der Waals surface area contributed by atoms with Crippen molar-refractivity contribution in [1.82, 2.24) is 0 Å². The van der Waals surface area contributed by atoms with E-state index in [-0.39, 0.29) is 11.4 Å². The van der Waals surface area contributed by atoms with E-state index in [2.05, 4.69) is 14.1 Å². The van der Waals surface area contributed by atoms with Gasteiger partial charge in [-0.2, -0.15) is 0 Å². The summed E-state index contributed by atoms with van der Waals surface area (Å²) >= 11 is 2.92. The van der Waals surface area contributed by atoms with E-state index in [1.165, 1.54) is 23.1 Å². The second-order valence-corrected chi connectivity index (χ2v) is 10.4. The molecular formula is C19H24NO4S2+. The minimum atomic E-state index is -1.58. The Morgan fingerprint density at radius 2 is 2.08 bits per heavy atom. The standard InChI is InChI=1S/C19H24NO4S2/c1-20(2)12-9-11(10-13(20)17-16(12)24-17)23-18(21)19(22,14-5-3-7-25-14)15-6-4-8-26-15/h3-5,7-8,11-13,15-17,22H,6,9-10H2,1-2H3/q+1. The number of quaternary nitrogens is 1. The number of nitrogens with zero attached hydrogens (tertiary/aromatic N) is 1. The first kappa shape index (κ1) is 17.3. The van der Waals surface area contributed by atoms with Gasteiger partial charge in [-0.1, -0.05) is 12.1 Å². The van der Waals surface area contributed by atoms with Gasteiger partial charge in [0.1, 0.15) is 30.4 Å². The Kier molecular flexibility index (Phi) is 3.86. The summed E-state index contributed by atoms with van der Waals surface area (Å²) in [6, 6.07) is 4.47. The highest BCUT2D eigenvalue weighted by atomic mass is 32.2. The number of allylic oxidation sites excluding steroid dienone is 1. The molecule has 0 aromatic carbocycles. The Labute approximate surface area is 161 Å². The predicted octanol–water partition coefficient (Wildman–Crippen LogP) is 2.26. The van der Waals surface area contributed by atoms with Gasteiger partial charge in [0.2, 0.25) is 5.60 Å². The quantitative estimate of drug-likeness (QED) is 0.482. The summed E-state index contributed by atoms with van der Waals surface area (Å²) in [5, 5.41) is 15.1. The second kappa shape index (κ2) is 5.82. The molecular weight excluding hydrogens is 370 g/mol. The first-order chi connectivity index (χ1) is 12.4. The van der Waals surface area contributed by atoms with Gasteiger partial charge in [-0.25, -0.2) is 4.79 Å². The summed E-state index contributed by atoms with van der Waals surface area (Å²) in [5.74, 6) is -0.493. The molecule has 0 saturated carbocycles. The van der Waals surface area contributed by atoms with Crippen LogP contribution in [0.1, 0.15) is 24.1 Å². The highest BCUT2D eigenvalue weighted by Crippen LogP contribution is 2.52. The first-order valence-electron chi connectivity index (χ1n) is 9.19. The average molecular weight is 395 g/mol. The van der Waals surface area contributed by atoms with Crippen LogP contribution in [0.15, 0.2) is 29.0 Å². The fourth-order valence-electron chi connectivity index (χ4n) is 5.08. The third kappa shape index (κ3) is 2.37. The van der Waals surface area contributed by atoms with Crippen molar-refractivity contribution < 1.29 is 23.9 Å². The number of carbonyl (C=O) groups excluding carboxylic acids is 1. The highest BCUT2D eigenvalue weighted by Gasteiger charge is 2.71. The van der Waals surface area contributed by atoms with Gasteiger partial charge in [-0.15, -0.1) is 23.1 Å². The van der Waals surface area contributed by atoms with Crippen LogP contribution in [0, 0.1) is 0 Å². The van der Waals surface area contributed by atoms with Crippen LogP contribution in [0.5, 0.6) is 0 Å².